The maximum Gasteiger partial charge on any atom is 0.301 e. The van der Waals surface area contributed by atoms with Crippen molar-refractivity contribution in [3.8, 4) is 5.75 Å². The fraction of sp³-hybridized carbons (Fsp3) is 0.500. The number of aliphatic hydroxyl groups excluding tert-OH is 1. The Hall–Kier alpha value is -3.22. The summed E-state index contributed by atoms with van der Waals surface area (Å²) in [5, 5.41) is 17.4. The van der Waals surface area contributed by atoms with Gasteiger partial charge < -0.3 is 34.8 Å². The van der Waals surface area contributed by atoms with Gasteiger partial charge in [0, 0.05) is 44.3 Å². The van der Waals surface area contributed by atoms with Crippen LogP contribution in [-0.4, -0.2) is 82.4 Å². The Balaban J connectivity index is 1.37. The lowest BCUT2D eigenvalue weighted by Crippen LogP contribution is -2.44. The molecule has 3 aliphatic rings. The van der Waals surface area contributed by atoms with Gasteiger partial charge in [-0.3, -0.25) is 4.79 Å². The van der Waals surface area contributed by atoms with E-state index >= 15 is 0 Å². The van der Waals surface area contributed by atoms with E-state index in [1.165, 1.54) is 10.8 Å². The Labute approximate surface area is 228 Å². The third-order valence-corrected chi connectivity index (χ3v) is 7.87. The SMILES string of the molecule is CN1CCN(c2ncc(Cl)c(Nc3ccc4c(c3)c3c(c(=O)n4C)OCC(F)(F)[C@H](C4CC4)N3)n2)CC(O)C1. The van der Waals surface area contributed by atoms with Crippen molar-refractivity contribution >= 4 is 45.6 Å². The fourth-order valence-corrected chi connectivity index (χ4v) is 5.49. The van der Waals surface area contributed by atoms with Crippen LogP contribution in [0, 0.1) is 5.92 Å². The van der Waals surface area contributed by atoms with Crippen LogP contribution >= 0.6 is 11.6 Å². The summed E-state index contributed by atoms with van der Waals surface area (Å²) in [6.45, 7) is 1.48. The molecule has 1 saturated carbocycles. The van der Waals surface area contributed by atoms with Gasteiger partial charge in [-0.25, -0.2) is 13.8 Å². The standard InChI is InChI=1S/C26H30ClF2N7O3/c1-34-7-8-36(12-16(37)11-34)25-30-10-18(27)23(33-25)31-15-5-6-19-17(9-15)20-21(24(38)35(19)2)39-13-26(28,29)22(32-20)14-3-4-14/h5-6,9-10,14,16,22,32,37H,3-4,7-8,11-13H2,1-2H3,(H,30,31,33)/t16?,22-/m0/s1. The molecule has 1 aromatic carbocycles. The fourth-order valence-electron chi connectivity index (χ4n) is 5.35. The first kappa shape index (κ1) is 26.0. The van der Waals surface area contributed by atoms with Crippen LogP contribution in [0.4, 0.5) is 31.9 Å². The molecule has 13 heteroatoms. The molecule has 2 aliphatic heterocycles. The maximum absolute atomic E-state index is 14.9. The molecular weight excluding hydrogens is 532 g/mol. The first-order valence-electron chi connectivity index (χ1n) is 13.0. The quantitative estimate of drug-likeness (QED) is 0.443. The second-order valence-corrected chi connectivity index (χ2v) is 11.1. The van der Waals surface area contributed by atoms with E-state index in [0.717, 1.165) is 6.54 Å². The number of anilines is 4. The Bertz CT molecular complexity index is 1480. The van der Waals surface area contributed by atoms with E-state index in [1.807, 2.05) is 16.8 Å². The lowest BCUT2D eigenvalue weighted by Gasteiger charge is -2.25. The molecule has 6 rings (SSSR count). The maximum atomic E-state index is 14.9. The molecule has 39 heavy (non-hydrogen) atoms. The van der Waals surface area contributed by atoms with Gasteiger partial charge in [0.15, 0.2) is 12.4 Å². The van der Waals surface area contributed by atoms with E-state index < -0.39 is 30.2 Å². The van der Waals surface area contributed by atoms with Crippen LogP contribution in [0.15, 0.2) is 29.2 Å². The normalized spacial score (nSPS) is 23.4. The van der Waals surface area contributed by atoms with Crippen LogP contribution in [0.3, 0.4) is 0 Å². The van der Waals surface area contributed by atoms with Crippen molar-refractivity contribution in [2.75, 3.05) is 55.4 Å². The van der Waals surface area contributed by atoms with E-state index in [4.69, 9.17) is 16.3 Å². The summed E-state index contributed by atoms with van der Waals surface area (Å²) in [7, 11) is 3.54. The van der Waals surface area contributed by atoms with Crippen molar-refractivity contribution in [3.63, 3.8) is 0 Å². The molecule has 1 aliphatic carbocycles. The number of aromatic nitrogens is 3. The number of β-amino-alcohol motifs (C(OH)–C–C–N with tert-alkyl or cyclic N) is 1. The number of fused-ring (bicyclic) bond motifs is 3. The molecule has 0 radical (unpaired) electrons. The van der Waals surface area contributed by atoms with Crippen LogP contribution in [0.25, 0.3) is 10.9 Å². The Kier molecular flexibility index (Phi) is 6.51. The molecule has 0 amide bonds. The van der Waals surface area contributed by atoms with Crippen LogP contribution in [0.2, 0.25) is 5.02 Å². The Morgan fingerprint density at radius 3 is 2.79 bits per heavy atom. The molecule has 2 fully saturated rings. The van der Waals surface area contributed by atoms with Crippen molar-refractivity contribution in [1.82, 2.24) is 19.4 Å². The molecule has 0 bridgehead atoms. The minimum absolute atomic E-state index is 0.114. The predicted octanol–water partition coefficient (Wildman–Crippen LogP) is 3.06. The van der Waals surface area contributed by atoms with E-state index in [1.54, 1.807) is 25.2 Å². The zero-order valence-corrected chi connectivity index (χ0v) is 22.4. The number of aliphatic hydroxyl groups is 1. The van der Waals surface area contributed by atoms with Crippen LogP contribution in [0.1, 0.15) is 12.8 Å². The third-order valence-electron chi connectivity index (χ3n) is 7.59. The molecule has 2 aromatic heterocycles. The summed E-state index contributed by atoms with van der Waals surface area (Å²) in [6.07, 6.45) is 2.37. The topological polar surface area (TPSA) is 108 Å². The number of nitrogens with one attached hydrogen (secondary N) is 2. The predicted molar refractivity (Wildman–Crippen MR) is 146 cm³/mol. The summed E-state index contributed by atoms with van der Waals surface area (Å²) in [4.78, 5) is 26.0. The molecule has 1 saturated heterocycles. The van der Waals surface area contributed by atoms with Crippen molar-refractivity contribution < 1.29 is 18.6 Å². The van der Waals surface area contributed by atoms with Crippen LogP contribution in [-0.2, 0) is 7.05 Å². The van der Waals surface area contributed by atoms with E-state index in [-0.39, 0.29) is 17.4 Å². The van der Waals surface area contributed by atoms with Gasteiger partial charge in [0.05, 0.1) is 29.5 Å². The molecule has 2 atom stereocenters. The van der Waals surface area contributed by atoms with E-state index in [2.05, 4.69) is 20.6 Å². The zero-order valence-electron chi connectivity index (χ0n) is 21.6. The summed E-state index contributed by atoms with van der Waals surface area (Å²) in [5.74, 6) is -2.62. The number of hydrogen-bond acceptors (Lipinski definition) is 9. The second-order valence-electron chi connectivity index (χ2n) is 10.7. The number of likely N-dealkylation sites (N-methyl/N-ethyl adjacent to an activating group) is 1. The Morgan fingerprint density at radius 2 is 2.03 bits per heavy atom. The minimum Gasteiger partial charge on any atom is -0.480 e. The van der Waals surface area contributed by atoms with Gasteiger partial charge in [-0.15, -0.1) is 0 Å². The number of alkyl halides is 2. The van der Waals surface area contributed by atoms with Gasteiger partial charge in [0.25, 0.3) is 5.56 Å². The number of benzene rings is 1. The summed E-state index contributed by atoms with van der Waals surface area (Å²) >= 11 is 6.44. The van der Waals surface area contributed by atoms with Crippen LogP contribution in [0.5, 0.6) is 5.75 Å². The average molecular weight is 562 g/mol. The van der Waals surface area contributed by atoms with Gasteiger partial charge in [0.2, 0.25) is 11.7 Å². The highest BCUT2D eigenvalue weighted by Gasteiger charge is 2.51. The molecule has 1 unspecified atom stereocenters. The average Bonchev–Trinajstić information content (AvgIpc) is 3.74. The Morgan fingerprint density at radius 1 is 1.23 bits per heavy atom. The lowest BCUT2D eigenvalue weighted by atomic mass is 10.0. The van der Waals surface area contributed by atoms with Gasteiger partial charge in [-0.2, -0.15) is 4.98 Å². The zero-order chi connectivity index (χ0) is 27.5. The van der Waals surface area contributed by atoms with Crippen molar-refractivity contribution in [2.45, 2.75) is 30.9 Å². The highest BCUT2D eigenvalue weighted by molar-refractivity contribution is 6.32. The minimum atomic E-state index is -3.12. The molecule has 0 spiro atoms. The lowest BCUT2D eigenvalue weighted by molar-refractivity contribution is -0.0579. The van der Waals surface area contributed by atoms with Gasteiger partial charge in [-0.1, -0.05) is 11.6 Å². The first-order chi connectivity index (χ1) is 18.6. The number of pyridine rings is 1. The van der Waals surface area contributed by atoms with E-state index in [0.29, 0.717) is 65.9 Å². The number of nitrogens with zero attached hydrogens (tertiary/aromatic N) is 5. The second kappa shape index (κ2) is 9.76. The molecule has 4 heterocycles. The summed E-state index contributed by atoms with van der Waals surface area (Å²) in [5.41, 5.74) is 0.943. The van der Waals surface area contributed by atoms with Gasteiger partial charge in [0.1, 0.15) is 5.02 Å². The van der Waals surface area contributed by atoms with Gasteiger partial charge in [-0.05, 0) is 44.0 Å². The highest BCUT2D eigenvalue weighted by Crippen LogP contribution is 2.45. The number of hydrogen-bond donors (Lipinski definition) is 3. The monoisotopic (exact) mass is 561 g/mol. The summed E-state index contributed by atoms with van der Waals surface area (Å²) < 4.78 is 36.7. The van der Waals surface area contributed by atoms with Gasteiger partial charge >= 0.3 is 5.92 Å². The third kappa shape index (κ3) is 4.96. The first-order valence-corrected chi connectivity index (χ1v) is 13.3. The summed E-state index contributed by atoms with van der Waals surface area (Å²) in [6, 6.07) is 4.15. The highest BCUT2D eigenvalue weighted by atomic mass is 35.5. The van der Waals surface area contributed by atoms with Crippen molar-refractivity contribution in [2.24, 2.45) is 13.0 Å². The number of rotatable bonds is 4. The molecular formula is C26H30ClF2N7O3. The number of aryl methyl sites for hydroxylation is 1. The van der Waals surface area contributed by atoms with Crippen molar-refractivity contribution in [3.05, 3.63) is 39.8 Å². The molecule has 3 N–H and O–H groups in total. The number of ether oxygens (including phenoxy) is 1. The molecule has 3 aromatic rings. The van der Waals surface area contributed by atoms with E-state index in [9.17, 15) is 18.7 Å². The number of halogens is 3. The smallest absolute Gasteiger partial charge is 0.301 e. The molecule has 208 valence electrons. The van der Waals surface area contributed by atoms with Crippen molar-refractivity contribution in [1.29, 1.82) is 0 Å². The largest absolute Gasteiger partial charge is 0.480 e. The van der Waals surface area contributed by atoms with Crippen LogP contribution < -0.4 is 25.8 Å². The molecule has 10 nitrogen and oxygen atoms in total.